The number of aliphatic hydroxyl groups excluding tert-OH is 1. The molecule has 0 spiro atoms. The molecular formula is C48H76NO11P. The molecule has 12 nitrogen and oxygen atoms in total. The second-order valence-corrected chi connectivity index (χ2v) is 15.7. The van der Waals surface area contributed by atoms with E-state index in [1.807, 2.05) is 18.2 Å². The molecule has 0 aromatic carbocycles. The molecule has 2 unspecified atom stereocenters. The molecule has 0 fully saturated rings. The molecule has 4 atom stereocenters. The summed E-state index contributed by atoms with van der Waals surface area (Å²) in [5.74, 6) is -2.54. The molecule has 0 rings (SSSR count). The van der Waals surface area contributed by atoms with Gasteiger partial charge in [-0.05, 0) is 96.3 Å². The number of aliphatic carboxylic acids is 1. The lowest BCUT2D eigenvalue weighted by atomic mass is 10.1. The van der Waals surface area contributed by atoms with Gasteiger partial charge in [-0.1, -0.05) is 136 Å². The van der Waals surface area contributed by atoms with Gasteiger partial charge in [0.25, 0.3) is 0 Å². The number of ether oxygens (including phenoxy) is 2. The van der Waals surface area contributed by atoms with Crippen molar-refractivity contribution < 1.29 is 52.6 Å². The lowest BCUT2D eigenvalue weighted by molar-refractivity contribution is -0.161. The largest absolute Gasteiger partial charge is 0.480 e. The molecule has 0 aliphatic rings. The third-order valence-electron chi connectivity index (χ3n) is 8.56. The minimum absolute atomic E-state index is 0.0556. The SMILES string of the molecule is CC/C=C\C/C=C\C/C=C\C/C=C\C/C=C\CCCCCC(=O)OC[C@H](COP(=O)(O)OC[C@H](N)C(=O)O)OC(=O)CCC/C=C\C/C=C\C/C=C\C/C=C\CC(O)CCC. The Morgan fingerprint density at radius 3 is 1.56 bits per heavy atom. The predicted molar refractivity (Wildman–Crippen MR) is 246 cm³/mol. The van der Waals surface area contributed by atoms with Crippen molar-refractivity contribution in [1.29, 1.82) is 0 Å². The number of aliphatic hydroxyl groups is 1. The van der Waals surface area contributed by atoms with Crippen molar-refractivity contribution in [3.63, 3.8) is 0 Å². The van der Waals surface area contributed by atoms with Crippen LogP contribution in [-0.4, -0.2) is 71.1 Å². The summed E-state index contributed by atoms with van der Waals surface area (Å²) < 4.78 is 32.6. The molecule has 0 bridgehead atoms. The molecule has 13 heteroatoms. The van der Waals surface area contributed by atoms with E-state index in [4.69, 9.17) is 24.8 Å². The highest BCUT2D eigenvalue weighted by atomic mass is 31.2. The molecule has 0 saturated heterocycles. The molecule has 0 amide bonds. The monoisotopic (exact) mass is 874 g/mol. The van der Waals surface area contributed by atoms with Crippen LogP contribution in [-0.2, 0) is 37.5 Å². The molecule has 0 aromatic heterocycles. The number of hydrogen-bond acceptors (Lipinski definition) is 10. The quantitative estimate of drug-likeness (QED) is 0.0198. The van der Waals surface area contributed by atoms with Gasteiger partial charge in [-0.15, -0.1) is 0 Å². The number of phosphoric acid groups is 1. The van der Waals surface area contributed by atoms with Crippen molar-refractivity contribution >= 4 is 25.7 Å². The molecule has 0 heterocycles. The molecule has 0 radical (unpaired) electrons. The van der Waals surface area contributed by atoms with Crippen molar-refractivity contribution in [3.05, 3.63) is 109 Å². The Labute approximate surface area is 366 Å². The van der Waals surface area contributed by atoms with E-state index in [0.717, 1.165) is 83.5 Å². The number of unbranched alkanes of at least 4 members (excludes halogenated alkanes) is 4. The molecule has 61 heavy (non-hydrogen) atoms. The number of carbonyl (C=O) groups is 3. The summed E-state index contributed by atoms with van der Waals surface area (Å²) in [6.45, 7) is 2.37. The fourth-order valence-corrected chi connectivity index (χ4v) is 5.93. The average Bonchev–Trinajstić information content (AvgIpc) is 3.23. The Balaban J connectivity index is 4.56. The molecule has 344 valence electrons. The Hall–Kier alpha value is -3.90. The van der Waals surface area contributed by atoms with Crippen LogP contribution in [0.5, 0.6) is 0 Å². The van der Waals surface area contributed by atoms with Crippen LogP contribution in [0.1, 0.15) is 136 Å². The first-order valence-corrected chi connectivity index (χ1v) is 23.5. The number of carbonyl (C=O) groups excluding carboxylic acids is 2. The van der Waals surface area contributed by atoms with Crippen LogP contribution < -0.4 is 5.73 Å². The van der Waals surface area contributed by atoms with Gasteiger partial charge >= 0.3 is 25.7 Å². The summed E-state index contributed by atoms with van der Waals surface area (Å²) in [6.07, 6.45) is 50.8. The van der Waals surface area contributed by atoms with Crippen molar-refractivity contribution in [2.24, 2.45) is 5.73 Å². The molecule has 0 aliphatic carbocycles. The average molecular weight is 874 g/mol. The first kappa shape index (κ1) is 57.1. The zero-order valence-electron chi connectivity index (χ0n) is 36.8. The van der Waals surface area contributed by atoms with Crippen molar-refractivity contribution in [1.82, 2.24) is 0 Å². The molecule has 0 aromatic rings. The Kier molecular flexibility index (Phi) is 38.8. The fourth-order valence-electron chi connectivity index (χ4n) is 5.16. The van der Waals surface area contributed by atoms with Crippen LogP contribution in [0, 0.1) is 0 Å². The minimum atomic E-state index is -4.76. The van der Waals surface area contributed by atoms with Crippen molar-refractivity contribution in [3.8, 4) is 0 Å². The highest BCUT2D eigenvalue weighted by Gasteiger charge is 2.28. The van der Waals surface area contributed by atoms with Gasteiger partial charge in [0.15, 0.2) is 6.10 Å². The number of hydrogen-bond donors (Lipinski definition) is 4. The zero-order valence-corrected chi connectivity index (χ0v) is 37.7. The summed E-state index contributed by atoms with van der Waals surface area (Å²) in [5, 5.41) is 18.6. The predicted octanol–water partition coefficient (Wildman–Crippen LogP) is 10.8. The van der Waals surface area contributed by atoms with Gasteiger partial charge in [-0.2, -0.15) is 0 Å². The van der Waals surface area contributed by atoms with E-state index >= 15 is 0 Å². The number of carboxylic acids is 1. The fraction of sp³-hybridized carbons (Fsp3) is 0.562. The van der Waals surface area contributed by atoms with Gasteiger partial charge in [-0.25, -0.2) is 4.57 Å². The Morgan fingerprint density at radius 2 is 1.05 bits per heavy atom. The van der Waals surface area contributed by atoms with Gasteiger partial charge in [0.05, 0.1) is 19.3 Å². The summed E-state index contributed by atoms with van der Waals surface area (Å²) in [5.41, 5.74) is 5.32. The smallest absolute Gasteiger partial charge is 0.472 e. The second kappa shape index (κ2) is 41.5. The van der Waals surface area contributed by atoms with E-state index in [-0.39, 0.29) is 18.9 Å². The standard InChI is InChI=1S/C48H76NO11P/c1-3-5-6-7-8-9-10-11-12-13-14-15-16-19-22-25-28-31-34-38-46(51)57-40-44(41-58-61(55,56)59-42-45(49)48(53)54)60-47(52)39-35-32-29-26-23-20-17-18-21-24-27-30-33-37-43(50)36-4-2/h5-6,8-9,11-12,14-15,17,19-22,24,26,29-30,33,43-45,50H,3-4,7,10,13,16,18,23,25,27-28,31-32,34-42,49H2,1-2H3,(H,53,54)(H,55,56)/b6-5-,9-8-,12-11-,15-14-,20-17-,22-19-,24-21-,29-26-,33-30-/t43?,44-,45+/m1/s1. The van der Waals surface area contributed by atoms with Crippen LogP contribution in [0.3, 0.4) is 0 Å². The van der Waals surface area contributed by atoms with Crippen molar-refractivity contribution in [2.45, 2.75) is 154 Å². The topological polar surface area (TPSA) is 192 Å². The maximum Gasteiger partial charge on any atom is 0.472 e. The zero-order chi connectivity index (χ0) is 45.1. The lowest BCUT2D eigenvalue weighted by Gasteiger charge is -2.20. The molecular weight excluding hydrogens is 797 g/mol. The van der Waals surface area contributed by atoms with Gasteiger partial charge in [0.2, 0.25) is 0 Å². The number of rotatable bonds is 39. The van der Waals surface area contributed by atoms with Gasteiger partial charge in [-0.3, -0.25) is 23.4 Å². The highest BCUT2D eigenvalue weighted by molar-refractivity contribution is 7.47. The van der Waals surface area contributed by atoms with Crippen LogP contribution in [0.25, 0.3) is 0 Å². The minimum Gasteiger partial charge on any atom is -0.480 e. The van der Waals surface area contributed by atoms with E-state index in [1.165, 1.54) is 0 Å². The van der Waals surface area contributed by atoms with E-state index in [2.05, 4.69) is 110 Å². The number of nitrogens with two attached hydrogens (primary N) is 1. The first-order chi connectivity index (χ1) is 29.5. The Bertz CT molecular complexity index is 1460. The summed E-state index contributed by atoms with van der Waals surface area (Å²) in [6, 6.07) is -1.55. The Morgan fingerprint density at radius 1 is 0.590 bits per heavy atom. The highest BCUT2D eigenvalue weighted by Crippen LogP contribution is 2.43. The van der Waals surface area contributed by atoms with Crippen LogP contribution in [0.4, 0.5) is 0 Å². The summed E-state index contributed by atoms with van der Waals surface area (Å²) in [7, 11) is -4.76. The number of phosphoric ester groups is 1. The van der Waals surface area contributed by atoms with Gasteiger partial charge in [0.1, 0.15) is 12.6 Å². The van der Waals surface area contributed by atoms with E-state index in [1.54, 1.807) is 0 Å². The van der Waals surface area contributed by atoms with Gasteiger partial charge in [0, 0.05) is 12.8 Å². The van der Waals surface area contributed by atoms with Crippen LogP contribution in [0.2, 0.25) is 0 Å². The third kappa shape index (κ3) is 41.2. The van der Waals surface area contributed by atoms with Gasteiger partial charge < -0.3 is 30.3 Å². The normalized spacial score (nSPS) is 15.2. The summed E-state index contributed by atoms with van der Waals surface area (Å²) in [4.78, 5) is 46.0. The number of carboxylic acid groups (broad SMARTS) is 1. The molecule has 5 N–H and O–H groups in total. The van der Waals surface area contributed by atoms with Crippen molar-refractivity contribution in [2.75, 3.05) is 19.8 Å². The molecule has 0 aliphatic heterocycles. The number of esters is 2. The van der Waals surface area contributed by atoms with E-state index < -0.39 is 57.7 Å². The second-order valence-electron chi connectivity index (χ2n) is 14.3. The number of allylic oxidation sites excluding steroid dienone is 17. The summed E-state index contributed by atoms with van der Waals surface area (Å²) >= 11 is 0. The van der Waals surface area contributed by atoms with Crippen LogP contribution >= 0.6 is 7.82 Å². The van der Waals surface area contributed by atoms with E-state index in [9.17, 15) is 28.9 Å². The first-order valence-electron chi connectivity index (χ1n) is 22.0. The van der Waals surface area contributed by atoms with Crippen LogP contribution in [0.15, 0.2) is 109 Å². The maximum atomic E-state index is 12.6. The molecule has 0 saturated carbocycles. The van der Waals surface area contributed by atoms with E-state index in [0.29, 0.717) is 25.7 Å². The lowest BCUT2D eigenvalue weighted by Crippen LogP contribution is -2.34. The third-order valence-corrected chi connectivity index (χ3v) is 9.51. The maximum absolute atomic E-state index is 12.6.